The summed E-state index contributed by atoms with van der Waals surface area (Å²) in [6.07, 6.45) is 1.95. The van der Waals surface area contributed by atoms with Crippen LogP contribution in [0.15, 0.2) is 18.2 Å². The van der Waals surface area contributed by atoms with Crippen molar-refractivity contribution in [2.45, 2.75) is 12.8 Å². The van der Waals surface area contributed by atoms with Crippen molar-refractivity contribution in [1.29, 1.82) is 0 Å². The van der Waals surface area contributed by atoms with Gasteiger partial charge in [0.15, 0.2) is 0 Å². The van der Waals surface area contributed by atoms with Crippen molar-refractivity contribution >= 4 is 35.1 Å². The summed E-state index contributed by atoms with van der Waals surface area (Å²) in [6.45, 7) is 0.0744. The zero-order chi connectivity index (χ0) is 19.7. The van der Waals surface area contributed by atoms with Crippen LogP contribution in [0.3, 0.4) is 0 Å². The number of amides is 2. The van der Waals surface area contributed by atoms with Gasteiger partial charge in [-0.3, -0.25) is 24.5 Å². The van der Waals surface area contributed by atoms with E-state index in [1.807, 2.05) is 0 Å². The summed E-state index contributed by atoms with van der Waals surface area (Å²) >= 11 is 5.90. The first-order valence-electron chi connectivity index (χ1n) is 8.51. The molecule has 2 amide bonds. The molecule has 144 valence electrons. The molecule has 0 aromatic heterocycles. The number of carbonyl (C=O) groups is 3. The Morgan fingerprint density at radius 3 is 2.59 bits per heavy atom. The van der Waals surface area contributed by atoms with Crippen molar-refractivity contribution in [2.24, 2.45) is 17.8 Å². The van der Waals surface area contributed by atoms with Crippen molar-refractivity contribution in [3.63, 3.8) is 0 Å². The van der Waals surface area contributed by atoms with Gasteiger partial charge in [-0.15, -0.1) is 0 Å². The minimum absolute atomic E-state index is 0.0631. The predicted octanol–water partition coefficient (Wildman–Crippen LogP) is 1.55. The van der Waals surface area contributed by atoms with Crippen LogP contribution in [0.2, 0.25) is 5.02 Å². The summed E-state index contributed by atoms with van der Waals surface area (Å²) < 4.78 is 0. The molecule has 3 rings (SSSR count). The fourth-order valence-electron chi connectivity index (χ4n) is 3.54. The van der Waals surface area contributed by atoms with Crippen molar-refractivity contribution in [3.8, 4) is 0 Å². The summed E-state index contributed by atoms with van der Waals surface area (Å²) in [7, 11) is 0. The molecule has 1 aromatic carbocycles. The van der Waals surface area contributed by atoms with E-state index in [1.54, 1.807) is 0 Å². The number of carboxylic acids is 1. The molecule has 1 heterocycles. The zero-order valence-corrected chi connectivity index (χ0v) is 15.0. The van der Waals surface area contributed by atoms with Crippen LogP contribution < -0.4 is 5.32 Å². The summed E-state index contributed by atoms with van der Waals surface area (Å²) in [6, 6.07) is 3.86. The van der Waals surface area contributed by atoms with E-state index in [0.29, 0.717) is 12.5 Å². The van der Waals surface area contributed by atoms with Crippen molar-refractivity contribution in [3.05, 3.63) is 38.9 Å². The largest absolute Gasteiger partial charge is 0.481 e. The van der Waals surface area contributed by atoms with Crippen LogP contribution in [0.5, 0.6) is 0 Å². The molecule has 0 spiro atoms. The van der Waals surface area contributed by atoms with E-state index in [2.05, 4.69) is 5.32 Å². The fourth-order valence-corrected chi connectivity index (χ4v) is 3.80. The standard InChI is InChI=1S/C17H18ClN3O6/c18-12-2-1-3-13(21(26)27)15(12)16(23)19-6-14(22)20-7-10(9-4-5-9)11(8-20)17(24)25/h1-3,9-11H,4-8H2,(H,19,23)(H,24,25)/t10-,11+/m1/s1. The Morgan fingerprint density at radius 1 is 1.30 bits per heavy atom. The average Bonchev–Trinajstić information content (AvgIpc) is 3.36. The second kappa shape index (κ2) is 7.51. The normalized spacial score (nSPS) is 21.7. The molecule has 1 aliphatic heterocycles. The van der Waals surface area contributed by atoms with Crippen LogP contribution in [0.4, 0.5) is 5.69 Å². The SMILES string of the molecule is O=C(NCC(=O)N1C[C@H](C(=O)O)[C@@H](C2CC2)C1)c1c(Cl)cccc1[N+](=O)[O-]. The average molecular weight is 396 g/mol. The van der Waals surface area contributed by atoms with Gasteiger partial charge in [0.2, 0.25) is 5.91 Å². The molecule has 0 unspecified atom stereocenters. The van der Waals surface area contributed by atoms with E-state index in [0.717, 1.165) is 18.9 Å². The Labute approximate surface area is 159 Å². The molecule has 0 bridgehead atoms. The van der Waals surface area contributed by atoms with E-state index in [4.69, 9.17) is 11.6 Å². The van der Waals surface area contributed by atoms with Crippen LogP contribution >= 0.6 is 11.6 Å². The first-order valence-corrected chi connectivity index (χ1v) is 8.89. The number of nitrogens with one attached hydrogen (secondary N) is 1. The Hall–Kier alpha value is -2.68. The van der Waals surface area contributed by atoms with Gasteiger partial charge in [0, 0.05) is 19.2 Å². The lowest BCUT2D eigenvalue weighted by atomic mass is 9.92. The maximum atomic E-state index is 12.4. The zero-order valence-electron chi connectivity index (χ0n) is 14.3. The molecule has 1 aromatic rings. The number of likely N-dealkylation sites (tertiary alicyclic amines) is 1. The van der Waals surface area contributed by atoms with Gasteiger partial charge < -0.3 is 15.3 Å². The number of carboxylic acid groups (broad SMARTS) is 1. The Kier molecular flexibility index (Phi) is 5.31. The third-order valence-electron chi connectivity index (χ3n) is 5.08. The summed E-state index contributed by atoms with van der Waals surface area (Å²) in [4.78, 5) is 47.9. The Morgan fingerprint density at radius 2 is 2.00 bits per heavy atom. The molecule has 1 saturated carbocycles. The lowest BCUT2D eigenvalue weighted by Crippen LogP contribution is -2.39. The molecule has 2 aliphatic rings. The smallest absolute Gasteiger partial charge is 0.308 e. The van der Waals surface area contributed by atoms with E-state index in [1.165, 1.54) is 17.0 Å². The highest BCUT2D eigenvalue weighted by atomic mass is 35.5. The van der Waals surface area contributed by atoms with E-state index in [9.17, 15) is 29.6 Å². The number of hydrogen-bond acceptors (Lipinski definition) is 5. The molecule has 2 N–H and O–H groups in total. The third kappa shape index (κ3) is 4.02. The number of halogens is 1. The van der Waals surface area contributed by atoms with Gasteiger partial charge in [-0.1, -0.05) is 17.7 Å². The Bertz CT molecular complexity index is 810. The molecule has 10 heteroatoms. The number of hydrogen-bond donors (Lipinski definition) is 2. The number of benzene rings is 1. The van der Waals surface area contributed by atoms with E-state index in [-0.39, 0.29) is 29.6 Å². The quantitative estimate of drug-likeness (QED) is 0.555. The highest BCUT2D eigenvalue weighted by molar-refractivity contribution is 6.34. The molecule has 2 fully saturated rings. The van der Waals surface area contributed by atoms with Gasteiger partial charge in [0.25, 0.3) is 11.6 Å². The first-order chi connectivity index (χ1) is 12.8. The second-order valence-electron chi connectivity index (χ2n) is 6.82. The molecule has 1 saturated heterocycles. The van der Waals surface area contributed by atoms with Gasteiger partial charge in [-0.25, -0.2) is 0 Å². The molecular weight excluding hydrogens is 378 g/mol. The van der Waals surface area contributed by atoms with E-state index >= 15 is 0 Å². The van der Waals surface area contributed by atoms with Crippen LogP contribution in [-0.4, -0.2) is 52.3 Å². The van der Waals surface area contributed by atoms with Gasteiger partial charge in [0.1, 0.15) is 5.56 Å². The van der Waals surface area contributed by atoms with Crippen molar-refractivity contribution in [1.82, 2.24) is 10.2 Å². The number of nitrogens with zero attached hydrogens (tertiary/aromatic N) is 2. The van der Waals surface area contributed by atoms with Gasteiger partial charge in [-0.2, -0.15) is 0 Å². The maximum absolute atomic E-state index is 12.4. The van der Waals surface area contributed by atoms with Crippen molar-refractivity contribution < 1.29 is 24.4 Å². The highest BCUT2D eigenvalue weighted by Crippen LogP contribution is 2.44. The highest BCUT2D eigenvalue weighted by Gasteiger charge is 2.46. The summed E-state index contributed by atoms with van der Waals surface area (Å²) in [5.74, 6) is -2.49. The third-order valence-corrected chi connectivity index (χ3v) is 5.39. The summed E-state index contributed by atoms with van der Waals surface area (Å²) in [5.41, 5.74) is -0.758. The molecular formula is C17H18ClN3O6. The monoisotopic (exact) mass is 395 g/mol. The lowest BCUT2D eigenvalue weighted by Gasteiger charge is -2.16. The van der Waals surface area contributed by atoms with Crippen LogP contribution in [-0.2, 0) is 9.59 Å². The maximum Gasteiger partial charge on any atom is 0.308 e. The fraction of sp³-hybridized carbons (Fsp3) is 0.471. The van der Waals surface area contributed by atoms with Crippen LogP contribution in [0, 0.1) is 27.9 Å². The number of nitro benzene ring substituents is 1. The predicted molar refractivity (Wildman–Crippen MR) is 94.4 cm³/mol. The molecule has 1 aliphatic carbocycles. The number of rotatable bonds is 6. The molecule has 9 nitrogen and oxygen atoms in total. The number of nitro groups is 1. The van der Waals surface area contributed by atoms with Gasteiger partial charge in [-0.05, 0) is 30.7 Å². The topological polar surface area (TPSA) is 130 Å². The van der Waals surface area contributed by atoms with E-state index < -0.39 is 34.3 Å². The van der Waals surface area contributed by atoms with Crippen LogP contribution in [0.25, 0.3) is 0 Å². The second-order valence-corrected chi connectivity index (χ2v) is 7.23. The van der Waals surface area contributed by atoms with Gasteiger partial charge in [0.05, 0.1) is 22.4 Å². The van der Waals surface area contributed by atoms with Gasteiger partial charge >= 0.3 is 5.97 Å². The molecule has 0 radical (unpaired) electrons. The number of aliphatic carboxylic acids is 1. The molecule has 27 heavy (non-hydrogen) atoms. The molecule has 2 atom stereocenters. The van der Waals surface area contributed by atoms with Crippen LogP contribution in [0.1, 0.15) is 23.2 Å². The summed E-state index contributed by atoms with van der Waals surface area (Å²) in [5, 5.41) is 22.7. The number of carbonyl (C=O) groups excluding carboxylic acids is 2. The Balaban J connectivity index is 1.64. The van der Waals surface area contributed by atoms with Crippen molar-refractivity contribution in [2.75, 3.05) is 19.6 Å². The lowest BCUT2D eigenvalue weighted by molar-refractivity contribution is -0.385. The minimum atomic E-state index is -0.919. The minimum Gasteiger partial charge on any atom is -0.481 e. The first kappa shape index (κ1) is 19.1.